The van der Waals surface area contributed by atoms with Gasteiger partial charge >= 0.3 is 0 Å². The first-order valence-electron chi connectivity index (χ1n) is 13.8. The monoisotopic (exact) mass is 560 g/mol. The van der Waals surface area contributed by atoms with Gasteiger partial charge in [-0.1, -0.05) is 43.0 Å². The lowest BCUT2D eigenvalue weighted by Gasteiger charge is -2.33. The van der Waals surface area contributed by atoms with E-state index in [9.17, 15) is 9.59 Å². The van der Waals surface area contributed by atoms with Crippen molar-refractivity contribution in [3.8, 4) is 22.6 Å². The Hall–Kier alpha value is -5.38. The molecule has 210 valence electrons. The van der Waals surface area contributed by atoms with E-state index in [4.69, 9.17) is 15.2 Å². The van der Waals surface area contributed by atoms with Gasteiger partial charge in [-0.25, -0.2) is 9.97 Å². The number of fused-ring (bicyclic) bond motifs is 3. The zero-order chi connectivity index (χ0) is 28.8. The molecule has 2 amide bonds. The number of carbonyl (C=O) groups excluding carboxylic acids is 2. The highest BCUT2D eigenvalue weighted by molar-refractivity contribution is 6.14. The van der Waals surface area contributed by atoms with Crippen molar-refractivity contribution >= 4 is 45.1 Å². The maximum Gasteiger partial charge on any atom is 0.256 e. The molecule has 0 saturated carbocycles. The van der Waals surface area contributed by atoms with Crippen LogP contribution in [0.25, 0.3) is 32.9 Å². The topological polar surface area (TPSA) is 125 Å². The van der Waals surface area contributed by atoms with Gasteiger partial charge < -0.3 is 30.0 Å². The zero-order valence-electron chi connectivity index (χ0n) is 22.7. The second-order valence-electron chi connectivity index (χ2n) is 10.4. The van der Waals surface area contributed by atoms with E-state index in [1.807, 2.05) is 48.7 Å². The number of anilines is 2. The van der Waals surface area contributed by atoms with E-state index >= 15 is 0 Å². The highest BCUT2D eigenvalue weighted by atomic mass is 16.7. The number of nitrogen functional groups attached to an aromatic ring is 1. The first-order chi connectivity index (χ1) is 20.5. The summed E-state index contributed by atoms with van der Waals surface area (Å²) in [5.41, 5.74) is 9.68. The lowest BCUT2D eigenvalue weighted by Crippen LogP contribution is -2.39. The minimum atomic E-state index is -0.248. The molecule has 0 radical (unpaired) electrons. The second-order valence-corrected chi connectivity index (χ2v) is 10.4. The van der Waals surface area contributed by atoms with Crippen LogP contribution in [0.4, 0.5) is 11.5 Å². The van der Waals surface area contributed by atoms with E-state index in [0.717, 1.165) is 34.7 Å². The summed E-state index contributed by atoms with van der Waals surface area (Å²) in [7, 11) is 0. The van der Waals surface area contributed by atoms with Crippen LogP contribution in [0.3, 0.4) is 0 Å². The van der Waals surface area contributed by atoms with Crippen LogP contribution >= 0.6 is 0 Å². The number of rotatable bonds is 5. The van der Waals surface area contributed by atoms with Gasteiger partial charge in [0.25, 0.3) is 5.91 Å². The van der Waals surface area contributed by atoms with Crippen molar-refractivity contribution in [1.82, 2.24) is 19.4 Å². The fourth-order valence-corrected chi connectivity index (χ4v) is 6.02. The molecule has 0 spiro atoms. The van der Waals surface area contributed by atoms with Gasteiger partial charge in [-0.2, -0.15) is 0 Å². The van der Waals surface area contributed by atoms with E-state index in [2.05, 4.69) is 26.4 Å². The number of aromatic nitrogens is 3. The molecule has 5 aromatic rings. The van der Waals surface area contributed by atoms with Crippen molar-refractivity contribution in [1.29, 1.82) is 0 Å². The number of nitrogens with two attached hydrogens (primary N) is 1. The van der Waals surface area contributed by atoms with E-state index in [0.29, 0.717) is 52.7 Å². The van der Waals surface area contributed by atoms with E-state index < -0.39 is 0 Å². The number of likely N-dealkylation sites (tertiary alicyclic amines) is 1. The molecule has 1 atom stereocenters. The Morgan fingerprint density at radius 1 is 1.02 bits per heavy atom. The van der Waals surface area contributed by atoms with Crippen LogP contribution in [0.15, 0.2) is 79.8 Å². The smallest absolute Gasteiger partial charge is 0.256 e. The Morgan fingerprint density at radius 3 is 2.74 bits per heavy atom. The van der Waals surface area contributed by atoms with Gasteiger partial charge in [-0.3, -0.25) is 9.59 Å². The largest absolute Gasteiger partial charge is 0.453 e. The van der Waals surface area contributed by atoms with Crippen LogP contribution in [0.1, 0.15) is 29.2 Å². The summed E-state index contributed by atoms with van der Waals surface area (Å²) < 4.78 is 13.9. The maximum atomic E-state index is 13.4. The molecular formula is C32H28N6O4. The van der Waals surface area contributed by atoms with Crippen molar-refractivity contribution < 1.29 is 19.1 Å². The average molecular weight is 561 g/mol. The lowest BCUT2D eigenvalue weighted by atomic mass is 10.0. The highest BCUT2D eigenvalue weighted by Gasteiger charge is 2.30. The Bertz CT molecular complexity index is 1890. The van der Waals surface area contributed by atoms with Crippen molar-refractivity contribution in [2.24, 2.45) is 0 Å². The van der Waals surface area contributed by atoms with Gasteiger partial charge in [-0.15, -0.1) is 0 Å². The molecule has 2 aliphatic heterocycles. The summed E-state index contributed by atoms with van der Waals surface area (Å²) in [6.45, 7) is 4.88. The average Bonchev–Trinajstić information content (AvgIpc) is 3.67. The number of nitrogens with zero attached hydrogens (tertiary/aromatic N) is 4. The first-order valence-corrected chi connectivity index (χ1v) is 13.8. The Balaban J connectivity index is 1.28. The summed E-state index contributed by atoms with van der Waals surface area (Å²) in [5, 5.41) is 5.55. The molecule has 0 aliphatic carbocycles. The van der Waals surface area contributed by atoms with Gasteiger partial charge in [0.15, 0.2) is 11.5 Å². The number of carbonyl (C=O) groups is 2. The minimum absolute atomic E-state index is 0.00215. The molecule has 1 fully saturated rings. The minimum Gasteiger partial charge on any atom is -0.453 e. The summed E-state index contributed by atoms with van der Waals surface area (Å²) in [6, 6.07) is 17.1. The fraction of sp³-hybridized carbons (Fsp3) is 0.188. The predicted octanol–water partition coefficient (Wildman–Crippen LogP) is 5.16. The Morgan fingerprint density at radius 2 is 1.86 bits per heavy atom. The van der Waals surface area contributed by atoms with Crippen LogP contribution < -0.4 is 20.5 Å². The zero-order valence-corrected chi connectivity index (χ0v) is 22.7. The number of nitrogens with one attached hydrogen (secondary N) is 1. The van der Waals surface area contributed by atoms with Crippen molar-refractivity contribution in [2.45, 2.75) is 18.9 Å². The van der Waals surface area contributed by atoms with Crippen LogP contribution in [0.2, 0.25) is 0 Å². The van der Waals surface area contributed by atoms with Crippen molar-refractivity contribution in [2.75, 3.05) is 30.9 Å². The molecule has 2 aliphatic rings. The van der Waals surface area contributed by atoms with Crippen molar-refractivity contribution in [3.05, 3.63) is 85.3 Å². The third-order valence-corrected chi connectivity index (χ3v) is 8.01. The number of hydrogen-bond donors (Lipinski definition) is 2. The van der Waals surface area contributed by atoms with Gasteiger partial charge in [-0.05, 0) is 47.9 Å². The molecular weight excluding hydrogens is 532 g/mol. The van der Waals surface area contributed by atoms with Crippen LogP contribution in [-0.2, 0) is 4.79 Å². The molecule has 0 unspecified atom stereocenters. The standard InChI is InChI=1S/C32H28N6O4/c1-2-26(39)37-14-6-9-20(15-37)38-16-24(27-30(33)34-17-35-31(27)38)22-12-13-25(29-28(22)41-18-42-29)36-32(40)23-11-5-8-19-7-3-4-10-21(19)23/h2-5,7-8,10-13,16-17,20H,1,6,9,14-15,18H2,(H,36,40)(H2,33,34,35)/t20-/m1/s1. The normalized spacial score (nSPS) is 16.1. The number of hydrogen-bond acceptors (Lipinski definition) is 7. The molecule has 4 heterocycles. The molecule has 3 N–H and O–H groups in total. The third kappa shape index (κ3) is 4.19. The molecule has 1 saturated heterocycles. The maximum absolute atomic E-state index is 13.4. The van der Waals surface area contributed by atoms with Crippen LogP contribution in [-0.4, -0.2) is 51.1 Å². The summed E-state index contributed by atoms with van der Waals surface area (Å²) in [4.78, 5) is 36.4. The van der Waals surface area contributed by atoms with Gasteiger partial charge in [0.2, 0.25) is 12.7 Å². The van der Waals surface area contributed by atoms with E-state index in [1.54, 1.807) is 17.0 Å². The lowest BCUT2D eigenvalue weighted by molar-refractivity contribution is -0.127. The summed E-state index contributed by atoms with van der Waals surface area (Å²) in [6.07, 6.45) is 6.53. The first kappa shape index (κ1) is 25.6. The van der Waals surface area contributed by atoms with Gasteiger partial charge in [0.1, 0.15) is 17.8 Å². The molecule has 42 heavy (non-hydrogen) atoms. The molecule has 7 rings (SSSR count). The number of amides is 2. The fourth-order valence-electron chi connectivity index (χ4n) is 6.02. The molecule has 3 aromatic carbocycles. The summed E-state index contributed by atoms with van der Waals surface area (Å²) in [5.74, 6) is 0.944. The number of piperidine rings is 1. The second kappa shape index (κ2) is 10.2. The SMILES string of the molecule is C=CC(=O)N1CCC[C@@H](n2cc(-c3ccc(NC(=O)c4cccc5ccccc45)c4c3OCO4)c3c(N)ncnc32)C1. The number of benzene rings is 3. The molecule has 10 nitrogen and oxygen atoms in total. The third-order valence-electron chi connectivity index (χ3n) is 8.01. The van der Waals surface area contributed by atoms with Gasteiger partial charge in [0, 0.05) is 36.0 Å². The predicted molar refractivity (Wildman–Crippen MR) is 160 cm³/mol. The quantitative estimate of drug-likeness (QED) is 0.284. The van der Waals surface area contributed by atoms with Gasteiger partial charge in [0.05, 0.1) is 17.1 Å². The molecule has 10 heteroatoms. The molecule has 0 bridgehead atoms. The Kier molecular flexibility index (Phi) is 6.23. The van der Waals surface area contributed by atoms with Crippen LogP contribution in [0.5, 0.6) is 11.5 Å². The number of ether oxygens (including phenoxy) is 2. The highest BCUT2D eigenvalue weighted by Crippen LogP contribution is 2.49. The molecule has 2 aromatic heterocycles. The van der Waals surface area contributed by atoms with Crippen LogP contribution in [0, 0.1) is 0 Å². The van der Waals surface area contributed by atoms with Crippen molar-refractivity contribution in [3.63, 3.8) is 0 Å². The van der Waals surface area contributed by atoms with E-state index in [1.165, 1.54) is 12.4 Å². The Labute approximate surface area is 241 Å². The van der Waals surface area contributed by atoms with E-state index in [-0.39, 0.29) is 24.6 Å². The summed E-state index contributed by atoms with van der Waals surface area (Å²) >= 11 is 0.